The van der Waals surface area contributed by atoms with Gasteiger partial charge in [-0.1, -0.05) is 18.2 Å². The molecule has 8 nitrogen and oxygen atoms in total. The molecule has 4 amide bonds. The van der Waals surface area contributed by atoms with Crippen LogP contribution in [0, 0.1) is 0 Å². The molecule has 1 aliphatic heterocycles. The highest BCUT2D eigenvalue weighted by atomic mass is 16.3. The highest BCUT2D eigenvalue weighted by Crippen LogP contribution is 2.28. The number of amides is 4. The normalized spacial score (nSPS) is 18.9. The Hall–Kier alpha value is -3.29. The van der Waals surface area contributed by atoms with Gasteiger partial charge in [-0.25, -0.2) is 4.79 Å². The summed E-state index contributed by atoms with van der Waals surface area (Å²) in [6, 6.07) is 12.6. The van der Waals surface area contributed by atoms with Crippen LogP contribution in [0.25, 0.3) is 0 Å². The van der Waals surface area contributed by atoms with Crippen LogP contribution in [-0.4, -0.2) is 49.4 Å². The minimum atomic E-state index is -1.29. The second-order valence-corrected chi connectivity index (χ2v) is 6.88. The number of furan rings is 1. The highest BCUT2D eigenvalue weighted by Gasteiger charge is 2.51. The minimum Gasteiger partial charge on any atom is -0.466 e. The first kappa shape index (κ1) is 19.5. The molecule has 1 aromatic heterocycles. The molecule has 1 fully saturated rings. The van der Waals surface area contributed by atoms with Crippen LogP contribution in [0.3, 0.4) is 0 Å². The van der Waals surface area contributed by atoms with Gasteiger partial charge in [-0.15, -0.1) is 0 Å². The molecule has 1 aromatic carbocycles. The molecule has 1 aliphatic rings. The number of benzene rings is 1. The molecule has 1 unspecified atom stereocenters. The van der Waals surface area contributed by atoms with Crippen LogP contribution >= 0.6 is 0 Å². The number of para-hydroxylation sites is 1. The molecular formula is C20H24N4O4. The van der Waals surface area contributed by atoms with Crippen LogP contribution in [0.4, 0.5) is 10.5 Å². The standard InChI is InChI=1S/C20H24N4O4/c1-20(16-10-6-13-28-16)18(26)24(19(27)22-20)14-17(25)21-11-7-12-23(2)15-8-4-3-5-9-15/h3-6,8-10,13H,7,11-12,14H2,1-2H3,(H,21,25)(H,22,27). The van der Waals surface area contributed by atoms with Crippen molar-refractivity contribution in [2.24, 2.45) is 0 Å². The SMILES string of the molecule is CN(CCCNC(=O)CN1C(=O)NC(C)(c2ccco2)C1=O)c1ccccc1. The number of hydrogen-bond acceptors (Lipinski definition) is 5. The molecule has 0 aliphatic carbocycles. The lowest BCUT2D eigenvalue weighted by atomic mass is 9.99. The van der Waals surface area contributed by atoms with Crippen molar-refractivity contribution in [3.63, 3.8) is 0 Å². The van der Waals surface area contributed by atoms with Crippen molar-refractivity contribution in [2.75, 3.05) is 31.6 Å². The fraction of sp³-hybridized carbons (Fsp3) is 0.350. The quantitative estimate of drug-likeness (QED) is 0.533. The monoisotopic (exact) mass is 384 g/mol. The molecule has 0 saturated carbocycles. The highest BCUT2D eigenvalue weighted by molar-refractivity contribution is 6.08. The van der Waals surface area contributed by atoms with Gasteiger partial charge in [-0.3, -0.25) is 14.5 Å². The fourth-order valence-corrected chi connectivity index (χ4v) is 3.13. The van der Waals surface area contributed by atoms with E-state index in [-0.39, 0.29) is 12.5 Å². The summed E-state index contributed by atoms with van der Waals surface area (Å²) < 4.78 is 5.26. The third-order valence-corrected chi connectivity index (χ3v) is 4.78. The lowest BCUT2D eigenvalue weighted by Gasteiger charge is -2.20. The number of urea groups is 1. The van der Waals surface area contributed by atoms with Gasteiger partial charge in [0.15, 0.2) is 5.54 Å². The summed E-state index contributed by atoms with van der Waals surface area (Å²) >= 11 is 0. The van der Waals surface area contributed by atoms with E-state index in [9.17, 15) is 14.4 Å². The van der Waals surface area contributed by atoms with Crippen LogP contribution in [0.2, 0.25) is 0 Å². The molecule has 2 aromatic rings. The second-order valence-electron chi connectivity index (χ2n) is 6.88. The number of rotatable bonds is 8. The van der Waals surface area contributed by atoms with Crippen LogP contribution < -0.4 is 15.5 Å². The number of carbonyl (C=O) groups is 3. The number of hydrogen-bond donors (Lipinski definition) is 2. The Labute approximate surface area is 163 Å². The maximum absolute atomic E-state index is 12.6. The number of carbonyl (C=O) groups excluding carboxylic acids is 3. The number of imide groups is 1. The van der Waals surface area contributed by atoms with Crippen molar-refractivity contribution in [1.82, 2.24) is 15.5 Å². The van der Waals surface area contributed by atoms with Gasteiger partial charge in [0.1, 0.15) is 12.3 Å². The largest absolute Gasteiger partial charge is 0.466 e. The lowest BCUT2D eigenvalue weighted by molar-refractivity contribution is -0.135. The van der Waals surface area contributed by atoms with Crippen molar-refractivity contribution in [2.45, 2.75) is 18.9 Å². The van der Waals surface area contributed by atoms with Crippen molar-refractivity contribution >= 4 is 23.5 Å². The summed E-state index contributed by atoms with van der Waals surface area (Å²) in [5.41, 5.74) is -0.190. The molecule has 148 valence electrons. The van der Waals surface area contributed by atoms with Crippen molar-refractivity contribution in [3.8, 4) is 0 Å². The average molecular weight is 384 g/mol. The van der Waals surface area contributed by atoms with E-state index >= 15 is 0 Å². The summed E-state index contributed by atoms with van der Waals surface area (Å²) in [6.45, 7) is 2.46. The number of nitrogens with one attached hydrogen (secondary N) is 2. The Balaban J connectivity index is 1.46. The first-order valence-corrected chi connectivity index (χ1v) is 9.13. The number of nitrogens with zero attached hydrogens (tertiary/aromatic N) is 2. The topological polar surface area (TPSA) is 94.9 Å². The van der Waals surface area contributed by atoms with Gasteiger partial charge >= 0.3 is 6.03 Å². The first-order valence-electron chi connectivity index (χ1n) is 9.13. The lowest BCUT2D eigenvalue weighted by Crippen LogP contribution is -2.43. The Morgan fingerprint density at radius 2 is 1.96 bits per heavy atom. The second kappa shape index (κ2) is 8.16. The van der Waals surface area contributed by atoms with Crippen molar-refractivity contribution < 1.29 is 18.8 Å². The molecule has 0 radical (unpaired) electrons. The van der Waals surface area contributed by atoms with Gasteiger partial charge in [-0.2, -0.15) is 0 Å². The summed E-state index contributed by atoms with van der Waals surface area (Å²) in [6.07, 6.45) is 2.17. The zero-order valence-corrected chi connectivity index (χ0v) is 16.0. The average Bonchev–Trinajstić information content (AvgIpc) is 3.30. The molecule has 0 spiro atoms. The molecule has 2 heterocycles. The predicted octanol–water partition coefficient (Wildman–Crippen LogP) is 1.69. The van der Waals surface area contributed by atoms with Crippen LogP contribution in [0.1, 0.15) is 19.1 Å². The van der Waals surface area contributed by atoms with Crippen LogP contribution in [-0.2, 0) is 15.1 Å². The van der Waals surface area contributed by atoms with E-state index in [0.717, 1.165) is 23.6 Å². The van der Waals surface area contributed by atoms with E-state index in [1.54, 1.807) is 19.1 Å². The third-order valence-electron chi connectivity index (χ3n) is 4.78. The van der Waals surface area contributed by atoms with Gasteiger partial charge in [-0.05, 0) is 37.6 Å². The fourth-order valence-electron chi connectivity index (χ4n) is 3.13. The summed E-state index contributed by atoms with van der Waals surface area (Å²) in [5.74, 6) is -0.557. The molecule has 8 heteroatoms. The predicted molar refractivity (Wildman–Crippen MR) is 104 cm³/mol. The maximum Gasteiger partial charge on any atom is 0.325 e. The van der Waals surface area contributed by atoms with Crippen LogP contribution in [0.15, 0.2) is 53.1 Å². The molecule has 1 atom stereocenters. The number of anilines is 1. The van der Waals surface area contributed by atoms with E-state index in [4.69, 9.17) is 4.42 Å². The van der Waals surface area contributed by atoms with E-state index in [1.165, 1.54) is 6.26 Å². The minimum absolute atomic E-state index is 0.324. The Bertz CT molecular complexity index is 837. The third kappa shape index (κ3) is 4.00. The van der Waals surface area contributed by atoms with E-state index < -0.39 is 17.5 Å². The molecule has 0 bridgehead atoms. The molecular weight excluding hydrogens is 360 g/mol. The summed E-state index contributed by atoms with van der Waals surface area (Å²) in [4.78, 5) is 40.0. The van der Waals surface area contributed by atoms with E-state index in [0.29, 0.717) is 12.3 Å². The van der Waals surface area contributed by atoms with Gasteiger partial charge in [0, 0.05) is 25.8 Å². The first-order chi connectivity index (χ1) is 13.4. The zero-order chi connectivity index (χ0) is 20.1. The zero-order valence-electron chi connectivity index (χ0n) is 16.0. The van der Waals surface area contributed by atoms with Gasteiger partial charge in [0.2, 0.25) is 5.91 Å². The molecule has 28 heavy (non-hydrogen) atoms. The Morgan fingerprint density at radius 3 is 2.64 bits per heavy atom. The summed E-state index contributed by atoms with van der Waals surface area (Å²) in [5, 5.41) is 5.35. The molecule has 3 rings (SSSR count). The van der Waals surface area contributed by atoms with Crippen molar-refractivity contribution in [3.05, 3.63) is 54.5 Å². The summed E-state index contributed by atoms with van der Waals surface area (Å²) in [7, 11) is 1.99. The smallest absolute Gasteiger partial charge is 0.325 e. The maximum atomic E-state index is 12.6. The van der Waals surface area contributed by atoms with Gasteiger partial charge in [0.05, 0.1) is 6.26 Å². The van der Waals surface area contributed by atoms with Gasteiger partial charge in [0.25, 0.3) is 5.91 Å². The Morgan fingerprint density at radius 1 is 1.21 bits per heavy atom. The van der Waals surface area contributed by atoms with Crippen LogP contribution in [0.5, 0.6) is 0 Å². The van der Waals surface area contributed by atoms with Crippen molar-refractivity contribution in [1.29, 1.82) is 0 Å². The molecule has 1 saturated heterocycles. The van der Waals surface area contributed by atoms with E-state index in [2.05, 4.69) is 15.5 Å². The van der Waals surface area contributed by atoms with E-state index in [1.807, 2.05) is 37.4 Å². The van der Waals surface area contributed by atoms with Gasteiger partial charge < -0.3 is 20.0 Å². The molecule has 2 N–H and O–H groups in total. The Kier molecular flexibility index (Phi) is 5.67.